The molecule has 33 heavy (non-hydrogen) atoms. The highest BCUT2D eigenvalue weighted by atomic mass is 19.4. The maximum absolute atomic E-state index is 13.2. The SMILES string of the molecule is CN1CC(c2ccccc2)C2(CCN(C(=O)c3cc(C(F)(F)F)cc(C(F)(F)F)c3)CC2)C1. The van der Waals surface area contributed by atoms with E-state index in [-0.39, 0.29) is 30.5 Å². The van der Waals surface area contributed by atoms with E-state index in [0.717, 1.165) is 13.1 Å². The molecule has 1 atom stereocenters. The number of hydrogen-bond acceptors (Lipinski definition) is 2. The van der Waals surface area contributed by atoms with Gasteiger partial charge in [0.15, 0.2) is 0 Å². The van der Waals surface area contributed by atoms with E-state index in [2.05, 4.69) is 17.0 Å². The highest BCUT2D eigenvalue weighted by Crippen LogP contribution is 2.49. The smallest absolute Gasteiger partial charge is 0.339 e. The number of piperidine rings is 1. The standard InChI is InChI=1S/C24H24F6N2O/c1-31-14-20(16-5-3-2-4-6-16)22(15-31)7-9-32(10-8-22)21(33)17-11-18(23(25,26)27)13-19(12-17)24(28,29)30/h2-6,11-13,20H,7-10,14-15H2,1H3. The largest absolute Gasteiger partial charge is 0.416 e. The first kappa shape index (κ1) is 23.6. The van der Waals surface area contributed by atoms with E-state index in [1.54, 1.807) is 0 Å². The van der Waals surface area contributed by atoms with Crippen LogP contribution in [0, 0.1) is 5.41 Å². The van der Waals surface area contributed by atoms with Crippen LogP contribution in [-0.4, -0.2) is 48.9 Å². The summed E-state index contributed by atoms with van der Waals surface area (Å²) < 4.78 is 79.1. The van der Waals surface area contributed by atoms with E-state index >= 15 is 0 Å². The van der Waals surface area contributed by atoms with Crippen LogP contribution in [0.5, 0.6) is 0 Å². The molecule has 2 aromatic rings. The van der Waals surface area contributed by atoms with Gasteiger partial charge in [0.25, 0.3) is 5.91 Å². The molecule has 4 rings (SSSR count). The van der Waals surface area contributed by atoms with Crippen molar-refractivity contribution >= 4 is 5.91 Å². The Morgan fingerprint density at radius 3 is 1.97 bits per heavy atom. The number of alkyl halides is 6. The van der Waals surface area contributed by atoms with Crippen molar-refractivity contribution in [3.8, 4) is 0 Å². The number of rotatable bonds is 2. The third-order valence-electron chi connectivity index (χ3n) is 6.90. The highest BCUT2D eigenvalue weighted by molar-refractivity contribution is 5.94. The van der Waals surface area contributed by atoms with Crippen molar-refractivity contribution in [3.05, 3.63) is 70.8 Å². The zero-order valence-corrected chi connectivity index (χ0v) is 18.0. The maximum Gasteiger partial charge on any atom is 0.416 e. The first-order chi connectivity index (χ1) is 15.4. The molecule has 0 aromatic heterocycles. The van der Waals surface area contributed by atoms with Gasteiger partial charge in [0.2, 0.25) is 0 Å². The third-order valence-corrected chi connectivity index (χ3v) is 6.90. The van der Waals surface area contributed by atoms with Crippen molar-refractivity contribution in [2.75, 3.05) is 33.2 Å². The summed E-state index contributed by atoms with van der Waals surface area (Å²) in [4.78, 5) is 16.6. The molecule has 2 aliphatic rings. The Bertz CT molecular complexity index is 978. The Balaban J connectivity index is 1.56. The van der Waals surface area contributed by atoms with Gasteiger partial charge in [0.1, 0.15) is 0 Å². The van der Waals surface area contributed by atoms with Gasteiger partial charge in [-0.1, -0.05) is 30.3 Å². The molecule has 2 aliphatic heterocycles. The number of amides is 1. The quantitative estimate of drug-likeness (QED) is 0.528. The molecule has 1 amide bonds. The van der Waals surface area contributed by atoms with Crippen LogP contribution in [0.15, 0.2) is 48.5 Å². The minimum absolute atomic E-state index is 0.0425. The van der Waals surface area contributed by atoms with Crippen LogP contribution >= 0.6 is 0 Å². The van der Waals surface area contributed by atoms with Gasteiger partial charge in [-0.15, -0.1) is 0 Å². The average molecular weight is 470 g/mol. The number of likely N-dealkylation sites (N-methyl/N-ethyl adjacent to an activating group) is 1. The van der Waals surface area contributed by atoms with Gasteiger partial charge in [0.05, 0.1) is 11.1 Å². The minimum Gasteiger partial charge on any atom is -0.339 e. The lowest BCUT2D eigenvalue weighted by atomic mass is 9.68. The normalized spacial score (nSPS) is 21.5. The van der Waals surface area contributed by atoms with Crippen LogP contribution in [0.1, 0.15) is 45.8 Å². The molecular weight excluding hydrogens is 446 g/mol. The van der Waals surface area contributed by atoms with E-state index < -0.39 is 35.0 Å². The number of hydrogen-bond donors (Lipinski definition) is 0. The van der Waals surface area contributed by atoms with E-state index in [1.807, 2.05) is 25.2 Å². The fourth-order valence-corrected chi connectivity index (χ4v) is 5.28. The summed E-state index contributed by atoms with van der Waals surface area (Å²) in [5.74, 6) is -0.546. The summed E-state index contributed by atoms with van der Waals surface area (Å²) in [5, 5.41) is 0. The molecule has 1 spiro atoms. The summed E-state index contributed by atoms with van der Waals surface area (Å²) in [6, 6.07) is 11.1. The monoisotopic (exact) mass is 470 g/mol. The maximum atomic E-state index is 13.2. The van der Waals surface area contributed by atoms with Crippen LogP contribution in [-0.2, 0) is 12.4 Å². The van der Waals surface area contributed by atoms with E-state index in [9.17, 15) is 31.1 Å². The fraction of sp³-hybridized carbons (Fsp3) is 0.458. The van der Waals surface area contributed by atoms with Crippen molar-refractivity contribution in [2.24, 2.45) is 5.41 Å². The summed E-state index contributed by atoms with van der Waals surface area (Å²) >= 11 is 0. The van der Waals surface area contributed by atoms with Crippen LogP contribution in [0.2, 0.25) is 0 Å². The van der Waals surface area contributed by atoms with E-state index in [0.29, 0.717) is 25.0 Å². The van der Waals surface area contributed by atoms with Gasteiger partial charge in [-0.25, -0.2) is 0 Å². The number of likely N-dealkylation sites (tertiary alicyclic amines) is 2. The molecule has 0 N–H and O–H groups in total. The topological polar surface area (TPSA) is 23.6 Å². The molecule has 2 heterocycles. The molecule has 2 saturated heterocycles. The number of nitrogens with zero attached hydrogens (tertiary/aromatic N) is 2. The van der Waals surface area contributed by atoms with Crippen LogP contribution in [0.4, 0.5) is 26.3 Å². The zero-order chi connectivity index (χ0) is 24.0. The van der Waals surface area contributed by atoms with Crippen LogP contribution in [0.25, 0.3) is 0 Å². The summed E-state index contributed by atoms with van der Waals surface area (Å²) in [5.41, 5.74) is -2.42. The predicted molar refractivity (Wildman–Crippen MR) is 111 cm³/mol. The highest BCUT2D eigenvalue weighted by Gasteiger charge is 2.48. The number of carbonyl (C=O) groups excluding carboxylic acids is 1. The van der Waals surface area contributed by atoms with Gasteiger partial charge < -0.3 is 9.80 Å². The second-order valence-corrected chi connectivity index (χ2v) is 9.11. The van der Waals surface area contributed by atoms with Crippen LogP contribution in [0.3, 0.4) is 0 Å². The lowest BCUT2D eigenvalue weighted by Gasteiger charge is -2.43. The summed E-state index contributed by atoms with van der Waals surface area (Å²) in [6.07, 6.45) is -8.71. The number of carbonyl (C=O) groups is 1. The van der Waals surface area contributed by atoms with Crippen molar-refractivity contribution in [3.63, 3.8) is 0 Å². The Morgan fingerprint density at radius 2 is 1.45 bits per heavy atom. The van der Waals surface area contributed by atoms with Crippen molar-refractivity contribution in [1.29, 1.82) is 0 Å². The molecule has 0 bridgehead atoms. The fourth-order valence-electron chi connectivity index (χ4n) is 5.28. The zero-order valence-electron chi connectivity index (χ0n) is 18.0. The molecule has 3 nitrogen and oxygen atoms in total. The molecule has 2 fully saturated rings. The molecule has 9 heteroatoms. The van der Waals surface area contributed by atoms with Gasteiger partial charge in [0, 0.05) is 37.7 Å². The lowest BCUT2D eigenvalue weighted by Crippen LogP contribution is -2.46. The van der Waals surface area contributed by atoms with Crippen molar-refractivity contribution in [2.45, 2.75) is 31.1 Å². The number of halogens is 6. The first-order valence-electron chi connectivity index (χ1n) is 10.7. The van der Waals surface area contributed by atoms with Gasteiger partial charge in [-0.05, 0) is 49.1 Å². The molecule has 2 aromatic carbocycles. The Hall–Kier alpha value is -2.55. The first-order valence-corrected chi connectivity index (χ1v) is 10.7. The second kappa shape index (κ2) is 8.34. The van der Waals surface area contributed by atoms with Crippen molar-refractivity contribution < 1.29 is 31.1 Å². The Labute approximate surface area is 188 Å². The van der Waals surface area contributed by atoms with Crippen molar-refractivity contribution in [1.82, 2.24) is 9.80 Å². The van der Waals surface area contributed by atoms with E-state index in [4.69, 9.17) is 0 Å². The second-order valence-electron chi connectivity index (χ2n) is 9.11. The van der Waals surface area contributed by atoms with Gasteiger partial charge in [-0.2, -0.15) is 26.3 Å². The summed E-state index contributed by atoms with van der Waals surface area (Å²) in [7, 11) is 2.03. The molecular formula is C24H24F6N2O. The van der Waals surface area contributed by atoms with Crippen LogP contribution < -0.4 is 0 Å². The molecule has 178 valence electrons. The third kappa shape index (κ3) is 4.74. The minimum atomic E-state index is -4.99. The Kier molecular flexibility index (Phi) is 5.97. The number of benzene rings is 2. The predicted octanol–water partition coefficient (Wildman–Crippen LogP) is 5.68. The summed E-state index contributed by atoms with van der Waals surface area (Å²) in [6.45, 7) is 2.26. The molecule has 0 saturated carbocycles. The van der Waals surface area contributed by atoms with E-state index in [1.165, 1.54) is 10.5 Å². The average Bonchev–Trinajstić information content (AvgIpc) is 3.08. The molecule has 0 radical (unpaired) electrons. The lowest BCUT2D eigenvalue weighted by molar-refractivity contribution is -0.143. The Morgan fingerprint density at radius 1 is 0.909 bits per heavy atom. The van der Waals surface area contributed by atoms with Gasteiger partial charge in [-0.3, -0.25) is 4.79 Å². The molecule has 1 unspecified atom stereocenters. The molecule has 0 aliphatic carbocycles. The van der Waals surface area contributed by atoms with Gasteiger partial charge >= 0.3 is 12.4 Å².